The quantitative estimate of drug-likeness (QED) is 0.0272. The third kappa shape index (κ3) is 26.5. The van der Waals surface area contributed by atoms with Crippen molar-refractivity contribution in [1.82, 2.24) is 10.6 Å². The van der Waals surface area contributed by atoms with Gasteiger partial charge in [0.1, 0.15) is 317 Å². The molecule has 13 heterocycles. The molecule has 0 aromatic carbocycles. The van der Waals surface area contributed by atoms with E-state index in [-0.39, 0.29) is 0 Å². The van der Waals surface area contributed by atoms with Crippen LogP contribution >= 0.6 is 0 Å². The normalized spacial score (nSPS) is 52.1. The van der Waals surface area contributed by atoms with Crippen molar-refractivity contribution in [2.75, 3.05) is 85.9 Å². The molecule has 0 aromatic heterocycles. The molecule has 872 valence electrons. The van der Waals surface area contributed by atoms with Crippen molar-refractivity contribution in [1.29, 1.82) is 0 Å². The summed E-state index contributed by atoms with van der Waals surface area (Å²) in [6, 6.07) is -3.86. The zero-order valence-corrected chi connectivity index (χ0v) is 79.2. The topological polar surface area (TPSA) is 1080 Å². The van der Waals surface area contributed by atoms with E-state index in [9.17, 15) is 209 Å². The van der Waals surface area contributed by atoms with Crippen LogP contribution in [0, 0.1) is 0 Å². The molecule has 1 unspecified atom stereocenters. The summed E-state index contributed by atoms with van der Waals surface area (Å²) < 4.78 is 148. The highest BCUT2D eigenvalue weighted by Gasteiger charge is 2.64. The highest BCUT2D eigenvalue weighted by atomic mass is 16.8. The van der Waals surface area contributed by atoms with Gasteiger partial charge in [0.15, 0.2) is 81.8 Å². The molecule has 0 radical (unpaired) electrons. The molecule has 41 N–H and O–H groups in total. The van der Waals surface area contributed by atoms with Crippen molar-refractivity contribution in [3.05, 3.63) is 0 Å². The highest BCUT2D eigenvalue weighted by Crippen LogP contribution is 2.43. The van der Waals surface area contributed by atoms with E-state index >= 15 is 0 Å². The van der Waals surface area contributed by atoms with E-state index in [1.165, 1.54) is 0 Å². The maximum atomic E-state index is 13.3. The van der Waals surface area contributed by atoms with E-state index < -0.39 is 497 Å². The van der Waals surface area contributed by atoms with Crippen molar-refractivity contribution in [3.8, 4) is 0 Å². The molecule has 13 fully saturated rings. The molecule has 68 nitrogen and oxygen atoms in total. The van der Waals surface area contributed by atoms with Gasteiger partial charge in [-0.05, 0) is 0 Å². The molecule has 0 bridgehead atoms. The summed E-state index contributed by atoms with van der Waals surface area (Å²) in [7, 11) is 0. The molecule has 65 atom stereocenters. The van der Waals surface area contributed by atoms with Crippen molar-refractivity contribution in [2.24, 2.45) is 0 Å². The van der Waals surface area contributed by atoms with Crippen LogP contribution in [0.4, 0.5) is 0 Å². The first-order valence-electron chi connectivity index (χ1n) is 47.7. The Balaban J connectivity index is 0.889. The third-order valence-electron chi connectivity index (χ3n) is 28.0. The fourth-order valence-electron chi connectivity index (χ4n) is 19.2. The minimum atomic E-state index is -2.88. The average Bonchev–Trinajstić information content (AvgIpc) is 0.763. The zero-order chi connectivity index (χ0) is 110. The van der Waals surface area contributed by atoms with Crippen molar-refractivity contribution >= 4 is 11.8 Å². The maximum Gasteiger partial charge on any atom is 0.217 e. The van der Waals surface area contributed by atoms with Gasteiger partial charge in [0, 0.05) is 13.8 Å². The van der Waals surface area contributed by atoms with Crippen molar-refractivity contribution in [3.63, 3.8) is 0 Å². The number of carbonyl (C=O) groups excluding carboxylic acids is 2. The van der Waals surface area contributed by atoms with Gasteiger partial charge in [-0.15, -0.1) is 0 Å². The van der Waals surface area contributed by atoms with Gasteiger partial charge in [-0.25, -0.2) is 0 Å². The van der Waals surface area contributed by atoms with Gasteiger partial charge in [0.25, 0.3) is 0 Å². The van der Waals surface area contributed by atoms with Crippen LogP contribution in [0.3, 0.4) is 0 Å². The largest absolute Gasteiger partial charge is 0.394 e. The second-order valence-electron chi connectivity index (χ2n) is 38.0. The van der Waals surface area contributed by atoms with Gasteiger partial charge >= 0.3 is 0 Å². The number of rotatable bonds is 39. The molecule has 13 rings (SSSR count). The first-order valence-corrected chi connectivity index (χ1v) is 47.7. The first kappa shape index (κ1) is 123. The number of amides is 2. The Hall–Kier alpha value is -3.62. The van der Waals surface area contributed by atoms with Crippen LogP contribution in [0.2, 0.25) is 0 Å². The Morgan fingerprint density at radius 2 is 0.367 bits per heavy atom. The first-order chi connectivity index (χ1) is 71.0. The van der Waals surface area contributed by atoms with Crippen LogP contribution < -0.4 is 10.6 Å². The van der Waals surface area contributed by atoms with Crippen molar-refractivity contribution < 1.29 is 327 Å². The lowest BCUT2D eigenvalue weighted by Crippen LogP contribution is -2.70. The van der Waals surface area contributed by atoms with Crippen LogP contribution in [0.15, 0.2) is 0 Å². The molecular formula is C82H138N2O66. The maximum absolute atomic E-state index is 13.3. The van der Waals surface area contributed by atoms with E-state index in [2.05, 4.69) is 10.6 Å². The molecule has 0 aliphatic carbocycles. The van der Waals surface area contributed by atoms with Crippen LogP contribution in [-0.4, -0.2) is 696 Å². The summed E-state index contributed by atoms with van der Waals surface area (Å²) in [4.78, 5) is 25.7. The lowest BCUT2D eigenvalue weighted by molar-refractivity contribution is -0.411. The molecular weight excluding hydrogens is 2070 g/mol. The predicted octanol–water partition coefficient (Wildman–Crippen LogP) is -29.0. The number of aliphatic hydroxyl groups is 39. The Morgan fingerprint density at radius 1 is 0.173 bits per heavy atom. The number of hydrogen-bond acceptors (Lipinski definition) is 66. The summed E-state index contributed by atoms with van der Waals surface area (Å²) in [6.07, 6.45) is -143. The zero-order valence-electron chi connectivity index (χ0n) is 79.2. The third-order valence-corrected chi connectivity index (χ3v) is 28.0. The molecule has 68 heteroatoms. The van der Waals surface area contributed by atoms with Crippen LogP contribution in [0.1, 0.15) is 13.8 Å². The number of aliphatic hydroxyl groups excluding tert-OH is 39. The Bertz CT molecular complexity index is 4070. The van der Waals surface area contributed by atoms with Crippen LogP contribution in [-0.2, 0) is 128 Å². The van der Waals surface area contributed by atoms with Gasteiger partial charge in [0.05, 0.1) is 85.9 Å². The fourth-order valence-corrected chi connectivity index (χ4v) is 19.2. The smallest absolute Gasteiger partial charge is 0.217 e. The van der Waals surface area contributed by atoms with E-state index in [1.807, 2.05) is 0 Å². The average molecular weight is 2210 g/mol. The van der Waals surface area contributed by atoms with E-state index in [0.29, 0.717) is 0 Å². The molecule has 13 saturated heterocycles. The summed E-state index contributed by atoms with van der Waals surface area (Å²) in [5.41, 5.74) is 0. The summed E-state index contributed by atoms with van der Waals surface area (Å²) in [6.45, 7) is -13.7. The Morgan fingerprint density at radius 3 is 0.713 bits per heavy atom. The van der Waals surface area contributed by atoms with Gasteiger partial charge in [-0.3, -0.25) is 9.59 Å². The Kier molecular flexibility index (Phi) is 44.2. The lowest BCUT2D eigenvalue weighted by Gasteiger charge is -2.51. The van der Waals surface area contributed by atoms with E-state index in [4.69, 9.17) is 118 Å². The van der Waals surface area contributed by atoms with Gasteiger partial charge in [0.2, 0.25) is 11.8 Å². The van der Waals surface area contributed by atoms with Gasteiger partial charge < -0.3 is 328 Å². The number of ether oxygens (including phenoxy) is 25. The standard InChI is InChI=1S/C82H138N2O66/c1-16(94)83-31-44(107)62(25(10-92)130-70(31)125)143-71-32(84-17(2)95)45(108)63(26(11-93)138-71)144-78-61(124)65(43(106)30(140-78)14-127-73-60(123)64(145-74-56(119)47(110)34(97)19(4-86)132-74)42(105)29(139-73)15-129-79-66(51(114)38(101)23(8-90)136-79)147-75-57(120)48(111)35(98)20(5-87)133-75)146-82-69(150-81-68(52(115)39(102)24(9-91)137-81)149-77-59(122)50(113)37(100)22(7-89)135-77)54(117)41(104)28(142-82)13-128-80-67(148-76-58(121)49(112)36(99)21(6-88)134-76)53(116)40(103)27(141-80)12-126-72-55(118)46(109)33(96)18(3-85)131-72/h18-82,85-93,96-125H,3-15H2,1-2H3,(H,83,94)(H,84,95)/t18-,19-,20-,21-,22-,23-,24-,25-,26-,27-,28-,29-,30-,31-,32-,33-,34-,35-,36-,37-,38-,39-,40-,41-,42-,43-,44-,45-,46+,47+,48+,49+,50+,51+,52+,53+,54+,55+,56+,57+,58+,59+,60+,61+,62-,63-,64+,65+,66+,67+,68+,69+,70?,71+,72+,73+,74-,75-,76-,77-,78+,79+,80+,81-,82-/m1/s1. The molecule has 0 spiro atoms. The molecule has 150 heavy (non-hydrogen) atoms. The Labute approximate surface area is 845 Å². The highest BCUT2D eigenvalue weighted by molar-refractivity contribution is 5.73. The predicted molar refractivity (Wildman–Crippen MR) is 451 cm³/mol. The molecule has 0 saturated carbocycles. The summed E-state index contributed by atoms with van der Waals surface area (Å²) in [5, 5.41) is 443. The van der Waals surface area contributed by atoms with Gasteiger partial charge in [-0.2, -0.15) is 0 Å². The second kappa shape index (κ2) is 53.8. The number of carbonyl (C=O) groups is 2. The van der Waals surface area contributed by atoms with Crippen LogP contribution in [0.25, 0.3) is 0 Å². The van der Waals surface area contributed by atoms with E-state index in [0.717, 1.165) is 13.8 Å². The molecule has 0 aromatic rings. The molecule has 13 aliphatic heterocycles. The van der Waals surface area contributed by atoms with E-state index in [1.54, 1.807) is 0 Å². The SMILES string of the molecule is CC(=O)N[C@H]1[C@H](O[C@H]2[C@H](O)[C@@H](NC(C)=O)C(O)O[C@@H]2CO)O[C@H](CO)[C@@H](O[C@@H]2O[C@H](CO[C@H]3O[C@H](CO[C@H]4O[C@H](CO)[C@@H](O)[C@H](O)[C@@H]4O[C@H]4O[C@H](CO)[C@@H](O)[C@H](O)[C@@H]4O)[C@@H](O)[C@H](O[C@H]4O[C@H](CO)[C@@H](O)[C@H](O)[C@@H]4O)[C@@H]3O)[C@@H](O)[C@H](O[C@H]3O[C@H](CO[C@H]4O[C@H](CO[C@H]5O[C@H](CO)[C@@H](O)[C@H](O)[C@@H]5O)[C@@H](O)[C@H](O)[C@@H]4O[C@H]4O[C@H](CO)[C@@H](O)[C@H](O)[C@@H]4O)[C@@H](O)[C@H](O)[C@@H]3O[C@H]3O[C@H](CO)[C@@H](O)[C@H](O)[C@@H]3O[C@H]3O[C@H](CO)[C@@H](O)[C@H](O)[C@@H]3O)[C@@H]2O)[C@@H]1O. The number of nitrogens with one attached hydrogen (secondary N) is 2. The van der Waals surface area contributed by atoms with Crippen molar-refractivity contribution in [2.45, 2.75) is 413 Å². The summed E-state index contributed by atoms with van der Waals surface area (Å²) >= 11 is 0. The van der Waals surface area contributed by atoms with Crippen LogP contribution in [0.5, 0.6) is 0 Å². The minimum Gasteiger partial charge on any atom is -0.394 e. The lowest BCUT2D eigenvalue weighted by atomic mass is 9.94. The second-order valence-corrected chi connectivity index (χ2v) is 38.0. The molecule has 2 amide bonds. The summed E-state index contributed by atoms with van der Waals surface area (Å²) in [5.74, 6) is -1.92. The molecule has 13 aliphatic rings. The van der Waals surface area contributed by atoms with Gasteiger partial charge in [-0.1, -0.05) is 0 Å². The minimum absolute atomic E-state index is 0.864. The number of hydrogen-bond donors (Lipinski definition) is 41. The monoisotopic (exact) mass is 2210 g/mol. The fraction of sp³-hybridized carbons (Fsp3) is 0.976.